The molecule has 0 aliphatic carbocycles. The number of nitrogens with zero attached hydrogens (tertiary/aromatic N) is 2. The maximum absolute atomic E-state index is 11.8. The SMILES string of the molecule is O=C(COc1ccc2ccccc2c1)N/N=C/c1cc([N+](=O)[O-])ccc1Cl. The van der Waals surface area contributed by atoms with Gasteiger partial charge in [-0.05, 0) is 29.0 Å². The highest BCUT2D eigenvalue weighted by atomic mass is 35.5. The summed E-state index contributed by atoms with van der Waals surface area (Å²) >= 11 is 5.95. The van der Waals surface area contributed by atoms with Crippen molar-refractivity contribution in [3.05, 3.63) is 81.4 Å². The molecule has 8 heteroatoms. The molecular formula is C19H14ClN3O4. The van der Waals surface area contributed by atoms with E-state index >= 15 is 0 Å². The van der Waals surface area contributed by atoms with Gasteiger partial charge in [0.1, 0.15) is 5.75 Å². The zero-order valence-corrected chi connectivity index (χ0v) is 14.7. The summed E-state index contributed by atoms with van der Waals surface area (Å²) in [5.41, 5.74) is 2.49. The van der Waals surface area contributed by atoms with E-state index in [1.54, 1.807) is 6.07 Å². The minimum atomic E-state index is -0.538. The Balaban J connectivity index is 1.57. The normalized spacial score (nSPS) is 10.9. The topological polar surface area (TPSA) is 93.8 Å². The second-order valence-corrected chi connectivity index (χ2v) is 5.96. The van der Waals surface area contributed by atoms with Crippen molar-refractivity contribution in [2.75, 3.05) is 6.61 Å². The average molecular weight is 384 g/mol. The maximum Gasteiger partial charge on any atom is 0.277 e. The van der Waals surface area contributed by atoms with Crippen LogP contribution in [-0.4, -0.2) is 23.7 Å². The van der Waals surface area contributed by atoms with E-state index in [-0.39, 0.29) is 17.3 Å². The molecule has 0 spiro atoms. The number of ether oxygens (including phenoxy) is 1. The van der Waals surface area contributed by atoms with Gasteiger partial charge >= 0.3 is 0 Å². The smallest absolute Gasteiger partial charge is 0.277 e. The summed E-state index contributed by atoms with van der Waals surface area (Å²) in [5, 5.41) is 16.9. The molecule has 1 N–H and O–H groups in total. The zero-order chi connectivity index (χ0) is 19.2. The van der Waals surface area contributed by atoms with Crippen molar-refractivity contribution in [2.24, 2.45) is 5.10 Å². The summed E-state index contributed by atoms with van der Waals surface area (Å²) in [6.07, 6.45) is 1.24. The number of nitro benzene ring substituents is 1. The first-order chi connectivity index (χ1) is 13.0. The highest BCUT2D eigenvalue weighted by molar-refractivity contribution is 6.33. The molecule has 3 aromatic rings. The van der Waals surface area contributed by atoms with Gasteiger partial charge in [-0.1, -0.05) is 41.9 Å². The number of rotatable bonds is 6. The lowest BCUT2D eigenvalue weighted by Crippen LogP contribution is -2.24. The first-order valence-electron chi connectivity index (χ1n) is 7.90. The number of nitrogens with one attached hydrogen (secondary N) is 1. The van der Waals surface area contributed by atoms with E-state index in [9.17, 15) is 14.9 Å². The number of amides is 1. The van der Waals surface area contributed by atoms with E-state index < -0.39 is 10.8 Å². The number of carbonyl (C=O) groups excluding carboxylic acids is 1. The van der Waals surface area contributed by atoms with Crippen LogP contribution < -0.4 is 10.2 Å². The molecule has 3 aromatic carbocycles. The zero-order valence-electron chi connectivity index (χ0n) is 14.0. The van der Waals surface area contributed by atoms with Crippen LogP contribution >= 0.6 is 11.6 Å². The van der Waals surface area contributed by atoms with Crippen LogP contribution in [0.5, 0.6) is 5.75 Å². The molecule has 0 aliphatic heterocycles. The van der Waals surface area contributed by atoms with Gasteiger partial charge in [0.15, 0.2) is 6.61 Å². The number of carbonyl (C=O) groups is 1. The number of hydrogen-bond donors (Lipinski definition) is 1. The maximum atomic E-state index is 11.8. The van der Waals surface area contributed by atoms with Crippen molar-refractivity contribution in [1.82, 2.24) is 5.43 Å². The molecule has 0 radical (unpaired) electrons. The third-order valence-electron chi connectivity index (χ3n) is 3.67. The van der Waals surface area contributed by atoms with Crippen LogP contribution in [0.1, 0.15) is 5.56 Å². The molecule has 0 aliphatic rings. The number of nitro groups is 1. The number of non-ortho nitro benzene ring substituents is 1. The number of fused-ring (bicyclic) bond motifs is 1. The molecule has 0 bridgehead atoms. The molecule has 27 heavy (non-hydrogen) atoms. The quantitative estimate of drug-likeness (QED) is 0.396. The molecule has 0 heterocycles. The Morgan fingerprint density at radius 2 is 1.93 bits per heavy atom. The highest BCUT2D eigenvalue weighted by Crippen LogP contribution is 2.21. The third-order valence-corrected chi connectivity index (χ3v) is 4.02. The van der Waals surface area contributed by atoms with E-state index in [1.807, 2.05) is 36.4 Å². The van der Waals surface area contributed by atoms with Crippen molar-refractivity contribution in [3.8, 4) is 5.75 Å². The van der Waals surface area contributed by atoms with Gasteiger partial charge < -0.3 is 4.74 Å². The summed E-state index contributed by atoms with van der Waals surface area (Å²) in [6.45, 7) is -0.224. The second-order valence-electron chi connectivity index (χ2n) is 5.55. The molecule has 0 unspecified atom stereocenters. The Kier molecular flexibility index (Phi) is 5.63. The summed E-state index contributed by atoms with van der Waals surface area (Å²) < 4.78 is 5.45. The Bertz CT molecular complexity index is 1040. The molecule has 136 valence electrons. The van der Waals surface area contributed by atoms with Crippen molar-refractivity contribution in [1.29, 1.82) is 0 Å². The molecule has 0 atom stereocenters. The fourth-order valence-electron chi connectivity index (χ4n) is 2.36. The van der Waals surface area contributed by atoms with E-state index in [2.05, 4.69) is 10.5 Å². The van der Waals surface area contributed by atoms with Gasteiger partial charge in [0.05, 0.1) is 11.1 Å². The van der Waals surface area contributed by atoms with Gasteiger partial charge in [0.25, 0.3) is 11.6 Å². The van der Waals surface area contributed by atoms with Gasteiger partial charge in [0.2, 0.25) is 0 Å². The third kappa shape index (κ3) is 4.80. The Morgan fingerprint density at radius 1 is 1.15 bits per heavy atom. The van der Waals surface area contributed by atoms with Gasteiger partial charge in [-0.2, -0.15) is 5.10 Å². The second kappa shape index (κ2) is 8.29. The number of hydrazone groups is 1. The van der Waals surface area contributed by atoms with Crippen molar-refractivity contribution >= 4 is 40.2 Å². The summed E-state index contributed by atoms with van der Waals surface area (Å²) in [6, 6.07) is 17.3. The minimum absolute atomic E-state index is 0.119. The average Bonchev–Trinajstić information content (AvgIpc) is 2.67. The standard InChI is InChI=1S/C19H14ClN3O4/c20-18-8-6-16(23(25)26)9-15(18)11-21-22-19(24)12-27-17-7-5-13-3-1-2-4-14(13)10-17/h1-11H,12H2,(H,22,24)/b21-11+. The number of benzene rings is 3. The largest absolute Gasteiger partial charge is 0.484 e. The van der Waals surface area contributed by atoms with Crippen LogP contribution in [0.15, 0.2) is 65.8 Å². The van der Waals surface area contributed by atoms with Crippen LogP contribution in [-0.2, 0) is 4.79 Å². The molecule has 0 aromatic heterocycles. The lowest BCUT2D eigenvalue weighted by atomic mass is 10.1. The molecule has 0 saturated carbocycles. The molecule has 0 fully saturated rings. The van der Waals surface area contributed by atoms with Gasteiger partial charge in [-0.25, -0.2) is 5.43 Å². The number of halogens is 1. The van der Waals surface area contributed by atoms with Gasteiger partial charge in [0, 0.05) is 22.7 Å². The van der Waals surface area contributed by atoms with Crippen molar-refractivity contribution < 1.29 is 14.5 Å². The van der Waals surface area contributed by atoms with E-state index in [0.717, 1.165) is 10.8 Å². The summed E-state index contributed by atoms with van der Waals surface area (Å²) in [7, 11) is 0. The lowest BCUT2D eigenvalue weighted by Gasteiger charge is -2.06. The Labute approximate surface area is 159 Å². The Hall–Kier alpha value is -3.45. The molecule has 0 saturated heterocycles. The minimum Gasteiger partial charge on any atom is -0.484 e. The van der Waals surface area contributed by atoms with Crippen LogP contribution in [0.4, 0.5) is 5.69 Å². The van der Waals surface area contributed by atoms with E-state index in [4.69, 9.17) is 16.3 Å². The predicted octanol–water partition coefficient (Wildman–Crippen LogP) is 3.93. The predicted molar refractivity (Wildman–Crippen MR) is 103 cm³/mol. The molecule has 1 amide bonds. The van der Waals surface area contributed by atoms with Crippen LogP contribution in [0, 0.1) is 10.1 Å². The lowest BCUT2D eigenvalue weighted by molar-refractivity contribution is -0.384. The van der Waals surface area contributed by atoms with Crippen LogP contribution in [0.3, 0.4) is 0 Å². The van der Waals surface area contributed by atoms with E-state index in [0.29, 0.717) is 11.3 Å². The fraction of sp³-hybridized carbons (Fsp3) is 0.0526. The molecule has 3 rings (SSSR count). The van der Waals surface area contributed by atoms with Gasteiger partial charge in [-0.3, -0.25) is 14.9 Å². The fourth-order valence-corrected chi connectivity index (χ4v) is 2.52. The van der Waals surface area contributed by atoms with Crippen LogP contribution in [0.2, 0.25) is 5.02 Å². The van der Waals surface area contributed by atoms with Gasteiger partial charge in [-0.15, -0.1) is 0 Å². The Morgan fingerprint density at radius 3 is 2.70 bits per heavy atom. The molecular weight excluding hydrogens is 370 g/mol. The summed E-state index contributed by atoms with van der Waals surface area (Å²) in [5.74, 6) is 0.0931. The number of hydrogen-bond acceptors (Lipinski definition) is 5. The van der Waals surface area contributed by atoms with E-state index in [1.165, 1.54) is 24.4 Å². The highest BCUT2D eigenvalue weighted by Gasteiger charge is 2.08. The molecule has 7 nitrogen and oxygen atoms in total. The monoisotopic (exact) mass is 383 g/mol. The summed E-state index contributed by atoms with van der Waals surface area (Å²) in [4.78, 5) is 22.1. The first-order valence-corrected chi connectivity index (χ1v) is 8.28. The first kappa shape index (κ1) is 18.3. The van der Waals surface area contributed by atoms with Crippen LogP contribution in [0.25, 0.3) is 10.8 Å². The van der Waals surface area contributed by atoms with Crippen molar-refractivity contribution in [3.63, 3.8) is 0 Å². The van der Waals surface area contributed by atoms with Crippen molar-refractivity contribution in [2.45, 2.75) is 0 Å².